The number of ether oxygens (including phenoxy) is 3. The molecule has 0 bridgehead atoms. The number of sulfonamides is 1. The van der Waals surface area contributed by atoms with E-state index in [1.165, 1.54) is 18.4 Å². The number of nitrogens with one attached hydrogen (secondary N) is 3. The summed E-state index contributed by atoms with van der Waals surface area (Å²) in [6, 6.07) is 6.77. The number of guanidine groups is 1. The molecule has 3 N–H and O–H groups in total. The number of nitrogens with zero attached hydrogens (tertiary/aromatic N) is 1. The highest BCUT2D eigenvalue weighted by Crippen LogP contribution is 2.39. The third-order valence-electron chi connectivity index (χ3n) is 3.71. The summed E-state index contributed by atoms with van der Waals surface area (Å²) < 4.78 is 43.1. The van der Waals surface area contributed by atoms with Gasteiger partial charge in [-0.25, -0.2) is 13.1 Å². The van der Waals surface area contributed by atoms with Gasteiger partial charge >= 0.3 is 0 Å². The van der Waals surface area contributed by atoms with E-state index in [2.05, 4.69) is 20.3 Å². The van der Waals surface area contributed by atoms with Crippen molar-refractivity contribution in [1.82, 2.24) is 10.0 Å². The largest absolute Gasteiger partial charge is 0.493 e. The monoisotopic (exact) mass is 442 g/mol. The fourth-order valence-electron chi connectivity index (χ4n) is 2.43. The number of hydrogen-bond acceptors (Lipinski definition) is 7. The van der Waals surface area contributed by atoms with Gasteiger partial charge in [0.25, 0.3) is 0 Å². The van der Waals surface area contributed by atoms with Gasteiger partial charge in [0.1, 0.15) is 4.21 Å². The van der Waals surface area contributed by atoms with Gasteiger partial charge in [-0.2, -0.15) is 0 Å². The van der Waals surface area contributed by atoms with E-state index in [1.807, 2.05) is 6.92 Å². The lowest BCUT2D eigenvalue weighted by molar-refractivity contribution is 0.324. The highest BCUT2D eigenvalue weighted by molar-refractivity contribution is 7.91. The minimum absolute atomic E-state index is 0.173. The SMILES string of the molecule is CCNC(=NCCNS(=O)(=O)c1cccs1)Nc1cc(OC)c(OC)c(OC)c1. The Morgan fingerprint density at radius 2 is 1.83 bits per heavy atom. The van der Waals surface area contributed by atoms with Gasteiger partial charge in [0, 0.05) is 30.9 Å². The zero-order chi connectivity index (χ0) is 21.3. The van der Waals surface area contributed by atoms with Gasteiger partial charge < -0.3 is 24.8 Å². The first kappa shape index (κ1) is 22.8. The van der Waals surface area contributed by atoms with Crippen LogP contribution in [0.5, 0.6) is 17.2 Å². The maximum absolute atomic E-state index is 12.1. The molecule has 0 unspecified atom stereocenters. The Morgan fingerprint density at radius 3 is 2.34 bits per heavy atom. The van der Waals surface area contributed by atoms with Crippen LogP contribution in [0.3, 0.4) is 0 Å². The summed E-state index contributed by atoms with van der Waals surface area (Å²) in [6.45, 7) is 3.00. The van der Waals surface area contributed by atoms with Gasteiger partial charge in [0.05, 0.1) is 27.9 Å². The van der Waals surface area contributed by atoms with E-state index in [0.717, 1.165) is 0 Å². The second kappa shape index (κ2) is 10.9. The third kappa shape index (κ3) is 6.24. The van der Waals surface area contributed by atoms with Crippen molar-refractivity contribution in [3.8, 4) is 17.2 Å². The van der Waals surface area contributed by atoms with Crippen LogP contribution in [0.15, 0.2) is 38.8 Å². The molecule has 29 heavy (non-hydrogen) atoms. The molecular formula is C18H26N4O5S2. The highest BCUT2D eigenvalue weighted by atomic mass is 32.2. The maximum atomic E-state index is 12.1. The number of hydrogen-bond donors (Lipinski definition) is 3. The predicted octanol–water partition coefficient (Wildman–Crippen LogP) is 2.13. The van der Waals surface area contributed by atoms with Crippen LogP contribution >= 0.6 is 11.3 Å². The molecule has 9 nitrogen and oxygen atoms in total. The van der Waals surface area contributed by atoms with Gasteiger partial charge in [-0.05, 0) is 18.4 Å². The van der Waals surface area contributed by atoms with Crippen LogP contribution in [0.2, 0.25) is 0 Å². The Morgan fingerprint density at radius 1 is 1.14 bits per heavy atom. The molecule has 0 aliphatic heterocycles. The van der Waals surface area contributed by atoms with Crippen LogP contribution in [-0.2, 0) is 10.0 Å². The summed E-state index contributed by atoms with van der Waals surface area (Å²) in [5.41, 5.74) is 0.679. The molecule has 0 radical (unpaired) electrons. The fraction of sp³-hybridized carbons (Fsp3) is 0.389. The average Bonchev–Trinajstić information content (AvgIpc) is 3.26. The van der Waals surface area contributed by atoms with Crippen molar-refractivity contribution in [2.24, 2.45) is 4.99 Å². The smallest absolute Gasteiger partial charge is 0.250 e. The molecule has 0 spiro atoms. The van der Waals surface area contributed by atoms with E-state index in [4.69, 9.17) is 14.2 Å². The van der Waals surface area contributed by atoms with Gasteiger partial charge in [0.2, 0.25) is 15.8 Å². The molecule has 0 aliphatic rings. The Labute approximate surface area is 175 Å². The average molecular weight is 443 g/mol. The van der Waals surface area contributed by atoms with Crippen molar-refractivity contribution >= 4 is 33.0 Å². The molecule has 0 fully saturated rings. The number of thiophene rings is 1. The van der Waals surface area contributed by atoms with Crippen molar-refractivity contribution in [2.75, 3.05) is 46.3 Å². The number of anilines is 1. The van der Waals surface area contributed by atoms with E-state index in [0.29, 0.717) is 35.4 Å². The van der Waals surface area contributed by atoms with Crippen LogP contribution in [0.25, 0.3) is 0 Å². The van der Waals surface area contributed by atoms with E-state index >= 15 is 0 Å². The first-order chi connectivity index (χ1) is 13.9. The molecule has 1 aromatic carbocycles. The standard InChI is InChI=1S/C18H26N4O5S2/c1-5-19-18(20-8-9-21-29(23,24)16-7-6-10-28-16)22-13-11-14(25-2)17(27-4)15(12-13)26-3/h6-7,10-12,21H,5,8-9H2,1-4H3,(H2,19,20,22). The lowest BCUT2D eigenvalue weighted by Gasteiger charge is -2.16. The minimum Gasteiger partial charge on any atom is -0.493 e. The molecule has 1 aromatic heterocycles. The van der Waals surface area contributed by atoms with Crippen molar-refractivity contribution in [1.29, 1.82) is 0 Å². The van der Waals surface area contributed by atoms with Crippen LogP contribution in [0.1, 0.15) is 6.92 Å². The van der Waals surface area contributed by atoms with Crippen LogP contribution in [0.4, 0.5) is 5.69 Å². The Bertz CT molecular complexity index is 889. The van der Waals surface area contributed by atoms with E-state index in [9.17, 15) is 8.42 Å². The van der Waals surface area contributed by atoms with E-state index < -0.39 is 10.0 Å². The molecule has 0 aliphatic carbocycles. The number of benzene rings is 1. The first-order valence-corrected chi connectivity index (χ1v) is 11.2. The van der Waals surface area contributed by atoms with Gasteiger partial charge in [-0.3, -0.25) is 4.99 Å². The molecule has 0 atom stereocenters. The quantitative estimate of drug-likeness (QED) is 0.294. The number of rotatable bonds is 10. The summed E-state index contributed by atoms with van der Waals surface area (Å²) in [6.07, 6.45) is 0. The number of aliphatic imine (C=N–C) groups is 1. The third-order valence-corrected chi connectivity index (χ3v) is 6.56. The summed E-state index contributed by atoms with van der Waals surface area (Å²) >= 11 is 1.17. The molecule has 0 saturated carbocycles. The van der Waals surface area contributed by atoms with Crippen molar-refractivity contribution < 1.29 is 22.6 Å². The van der Waals surface area contributed by atoms with Crippen LogP contribution < -0.4 is 29.6 Å². The normalized spacial score (nSPS) is 11.8. The van der Waals surface area contributed by atoms with Gasteiger partial charge in [-0.15, -0.1) is 11.3 Å². The van der Waals surface area contributed by atoms with Crippen molar-refractivity contribution in [3.63, 3.8) is 0 Å². The summed E-state index contributed by atoms with van der Waals surface area (Å²) in [5.74, 6) is 2.00. The highest BCUT2D eigenvalue weighted by Gasteiger charge is 2.15. The van der Waals surface area contributed by atoms with Crippen molar-refractivity contribution in [3.05, 3.63) is 29.6 Å². The molecule has 1 heterocycles. The molecule has 160 valence electrons. The van der Waals surface area contributed by atoms with E-state index in [1.54, 1.807) is 43.9 Å². The lowest BCUT2D eigenvalue weighted by atomic mass is 10.2. The number of methoxy groups -OCH3 is 3. The second-order valence-corrected chi connectivity index (χ2v) is 8.57. The molecular weight excluding hydrogens is 416 g/mol. The fourth-order valence-corrected chi connectivity index (χ4v) is 4.49. The van der Waals surface area contributed by atoms with Gasteiger partial charge in [-0.1, -0.05) is 6.07 Å². The summed E-state index contributed by atoms with van der Waals surface area (Å²) in [7, 11) is 1.12. The Kier molecular flexibility index (Phi) is 8.55. The lowest BCUT2D eigenvalue weighted by Crippen LogP contribution is -2.32. The maximum Gasteiger partial charge on any atom is 0.250 e. The Balaban J connectivity index is 2.07. The first-order valence-electron chi connectivity index (χ1n) is 8.83. The molecule has 0 saturated heterocycles. The minimum atomic E-state index is -3.50. The zero-order valence-electron chi connectivity index (χ0n) is 16.8. The Hall–Kier alpha value is -2.50. The molecule has 11 heteroatoms. The summed E-state index contributed by atoms with van der Waals surface area (Å²) in [5, 5.41) is 7.98. The van der Waals surface area contributed by atoms with Crippen molar-refractivity contribution in [2.45, 2.75) is 11.1 Å². The van der Waals surface area contributed by atoms with Crippen LogP contribution in [-0.4, -0.2) is 55.3 Å². The zero-order valence-corrected chi connectivity index (χ0v) is 18.4. The molecule has 2 aromatic rings. The second-order valence-electron chi connectivity index (χ2n) is 5.63. The van der Waals surface area contributed by atoms with E-state index in [-0.39, 0.29) is 17.3 Å². The molecule has 2 rings (SSSR count). The summed E-state index contributed by atoms with van der Waals surface area (Å²) in [4.78, 5) is 4.40. The van der Waals surface area contributed by atoms with Gasteiger partial charge in [0.15, 0.2) is 17.5 Å². The predicted molar refractivity (Wildman–Crippen MR) is 115 cm³/mol. The van der Waals surface area contributed by atoms with Crippen LogP contribution in [0, 0.1) is 0 Å². The topological polar surface area (TPSA) is 110 Å². The molecule has 0 amide bonds.